The van der Waals surface area contributed by atoms with Crippen molar-refractivity contribution in [2.45, 2.75) is 13.5 Å². The molecule has 0 N–H and O–H groups in total. The van der Waals surface area contributed by atoms with Crippen molar-refractivity contribution in [1.29, 1.82) is 0 Å². The molecule has 31 heavy (non-hydrogen) atoms. The number of benzene rings is 2. The first-order valence-corrected chi connectivity index (χ1v) is 9.93. The summed E-state index contributed by atoms with van der Waals surface area (Å²) in [6.45, 7) is 2.06. The highest BCUT2D eigenvalue weighted by atomic mass is 35.5. The van der Waals surface area contributed by atoms with E-state index in [-0.39, 0.29) is 17.9 Å². The van der Waals surface area contributed by atoms with Crippen LogP contribution in [0.5, 0.6) is 0 Å². The average Bonchev–Trinajstić information content (AvgIpc) is 3.35. The Bertz CT molecular complexity index is 1470. The van der Waals surface area contributed by atoms with Gasteiger partial charge in [-0.1, -0.05) is 17.7 Å². The number of halogens is 2. The van der Waals surface area contributed by atoms with E-state index in [0.717, 1.165) is 11.1 Å². The Morgan fingerprint density at radius 3 is 2.65 bits per heavy atom. The molecule has 0 aliphatic carbocycles. The molecule has 5 aromatic rings. The molecule has 0 radical (unpaired) electrons. The number of nitrogens with zero attached hydrogens (tertiary/aromatic N) is 4. The van der Waals surface area contributed by atoms with E-state index in [0.29, 0.717) is 33.6 Å². The van der Waals surface area contributed by atoms with E-state index >= 15 is 0 Å². The normalized spacial score (nSPS) is 11.3. The van der Waals surface area contributed by atoms with Gasteiger partial charge < -0.3 is 8.98 Å². The second-order valence-corrected chi connectivity index (χ2v) is 7.57. The first-order chi connectivity index (χ1) is 15.0. The van der Waals surface area contributed by atoms with Gasteiger partial charge >= 0.3 is 0 Å². The van der Waals surface area contributed by atoms with Crippen LogP contribution in [0.4, 0.5) is 4.39 Å². The molecule has 5 rings (SSSR count). The maximum absolute atomic E-state index is 13.2. The van der Waals surface area contributed by atoms with Crippen LogP contribution in [0.15, 0.2) is 76.2 Å². The molecule has 0 aliphatic rings. The second-order valence-electron chi connectivity index (χ2n) is 7.13. The van der Waals surface area contributed by atoms with Crippen molar-refractivity contribution >= 4 is 17.1 Å². The van der Waals surface area contributed by atoms with E-state index < -0.39 is 0 Å². The Kier molecular flexibility index (Phi) is 4.67. The van der Waals surface area contributed by atoms with Gasteiger partial charge in [-0.3, -0.25) is 4.79 Å². The summed E-state index contributed by atoms with van der Waals surface area (Å²) in [5.74, 6) is 0.754. The number of rotatable bonds is 4. The monoisotopic (exact) mass is 434 g/mol. The number of aromatic nitrogens is 4. The molecule has 6 nitrogen and oxygen atoms in total. The zero-order valence-corrected chi connectivity index (χ0v) is 17.2. The molecule has 0 aliphatic heterocycles. The number of fused-ring (bicyclic) bond motifs is 1. The van der Waals surface area contributed by atoms with Gasteiger partial charge in [0.15, 0.2) is 0 Å². The van der Waals surface area contributed by atoms with Crippen molar-refractivity contribution in [1.82, 2.24) is 19.2 Å². The zero-order chi connectivity index (χ0) is 21.5. The standard InChI is InChI=1S/C23H16ClFN4O2/c1-14-20(26-22(31-14)16-3-2-4-17(24)11-16)13-28-9-10-29-21(23(28)30)12-19(27-29)15-5-7-18(25)8-6-15/h2-12H,13H2,1H3. The molecule has 8 heteroatoms. The molecule has 154 valence electrons. The highest BCUT2D eigenvalue weighted by Gasteiger charge is 2.15. The number of aryl methyl sites for hydroxylation is 1. The molecule has 0 spiro atoms. The topological polar surface area (TPSA) is 65.3 Å². The largest absolute Gasteiger partial charge is 0.441 e. The van der Waals surface area contributed by atoms with Crippen LogP contribution in [-0.2, 0) is 6.54 Å². The van der Waals surface area contributed by atoms with E-state index in [4.69, 9.17) is 16.0 Å². The van der Waals surface area contributed by atoms with Gasteiger partial charge in [0.05, 0.1) is 12.2 Å². The van der Waals surface area contributed by atoms with Gasteiger partial charge in [-0.2, -0.15) is 5.10 Å². The minimum atomic E-state index is -0.324. The fraction of sp³-hybridized carbons (Fsp3) is 0.0870. The lowest BCUT2D eigenvalue weighted by Crippen LogP contribution is -2.22. The van der Waals surface area contributed by atoms with Crippen LogP contribution in [0.3, 0.4) is 0 Å². The summed E-state index contributed by atoms with van der Waals surface area (Å²) < 4.78 is 22.1. The van der Waals surface area contributed by atoms with E-state index in [1.165, 1.54) is 16.6 Å². The van der Waals surface area contributed by atoms with Gasteiger partial charge in [0.25, 0.3) is 5.56 Å². The SMILES string of the molecule is Cc1oc(-c2cccc(Cl)c2)nc1Cn1ccn2nc(-c3ccc(F)cc3)cc2c1=O. The fourth-order valence-electron chi connectivity index (χ4n) is 3.39. The highest BCUT2D eigenvalue weighted by Crippen LogP contribution is 2.25. The van der Waals surface area contributed by atoms with Crippen LogP contribution in [0, 0.1) is 12.7 Å². The lowest BCUT2D eigenvalue weighted by molar-refractivity contribution is 0.537. The molecule has 3 heterocycles. The van der Waals surface area contributed by atoms with Gasteiger partial charge in [-0.05, 0) is 55.5 Å². The van der Waals surface area contributed by atoms with Crippen molar-refractivity contribution in [2.24, 2.45) is 0 Å². The van der Waals surface area contributed by atoms with Crippen molar-refractivity contribution < 1.29 is 8.81 Å². The van der Waals surface area contributed by atoms with E-state index in [1.807, 2.05) is 19.1 Å². The van der Waals surface area contributed by atoms with E-state index in [2.05, 4.69) is 10.1 Å². The minimum Gasteiger partial charge on any atom is -0.441 e. The summed E-state index contributed by atoms with van der Waals surface area (Å²) in [6, 6.07) is 14.9. The molecule has 0 saturated heterocycles. The summed E-state index contributed by atoms with van der Waals surface area (Å²) in [5.41, 5.74) is 2.95. The van der Waals surface area contributed by atoms with Gasteiger partial charge in [-0.25, -0.2) is 13.9 Å². The molecule has 0 atom stereocenters. The Labute approximate surface area is 181 Å². The maximum Gasteiger partial charge on any atom is 0.276 e. The maximum atomic E-state index is 13.2. The smallest absolute Gasteiger partial charge is 0.276 e. The van der Waals surface area contributed by atoms with Crippen molar-refractivity contribution in [3.63, 3.8) is 0 Å². The quantitative estimate of drug-likeness (QED) is 0.400. The van der Waals surface area contributed by atoms with Crippen LogP contribution >= 0.6 is 11.6 Å². The van der Waals surface area contributed by atoms with Crippen LogP contribution < -0.4 is 5.56 Å². The van der Waals surface area contributed by atoms with E-state index in [1.54, 1.807) is 47.3 Å². The molecule has 3 aromatic heterocycles. The lowest BCUT2D eigenvalue weighted by Gasteiger charge is -2.04. The van der Waals surface area contributed by atoms with Crippen molar-refractivity contribution in [2.75, 3.05) is 0 Å². The van der Waals surface area contributed by atoms with Crippen LogP contribution in [0.1, 0.15) is 11.5 Å². The first kappa shape index (κ1) is 19.3. The Hall–Kier alpha value is -3.71. The number of hydrogen-bond donors (Lipinski definition) is 0. The second kappa shape index (κ2) is 7.52. The Balaban J connectivity index is 1.49. The van der Waals surface area contributed by atoms with Gasteiger partial charge in [0.2, 0.25) is 5.89 Å². The Morgan fingerprint density at radius 1 is 1.06 bits per heavy atom. The zero-order valence-electron chi connectivity index (χ0n) is 16.4. The number of hydrogen-bond acceptors (Lipinski definition) is 4. The third-order valence-corrected chi connectivity index (χ3v) is 5.26. The molecular formula is C23H16ClFN4O2. The van der Waals surface area contributed by atoms with Gasteiger partial charge in [-0.15, -0.1) is 0 Å². The van der Waals surface area contributed by atoms with Crippen molar-refractivity contribution in [3.8, 4) is 22.7 Å². The lowest BCUT2D eigenvalue weighted by atomic mass is 10.1. The predicted octanol–water partition coefficient (Wildman–Crippen LogP) is 4.97. The predicted molar refractivity (Wildman–Crippen MR) is 116 cm³/mol. The first-order valence-electron chi connectivity index (χ1n) is 9.55. The summed E-state index contributed by atoms with van der Waals surface area (Å²) in [4.78, 5) is 17.6. The summed E-state index contributed by atoms with van der Waals surface area (Å²) in [6.07, 6.45) is 3.36. The molecule has 0 unspecified atom stereocenters. The van der Waals surface area contributed by atoms with Gasteiger partial charge in [0, 0.05) is 28.5 Å². The summed E-state index contributed by atoms with van der Waals surface area (Å²) >= 11 is 6.06. The third kappa shape index (κ3) is 3.64. The summed E-state index contributed by atoms with van der Waals surface area (Å²) in [5, 5.41) is 5.02. The fourth-order valence-corrected chi connectivity index (χ4v) is 3.58. The van der Waals surface area contributed by atoms with Crippen LogP contribution in [0.25, 0.3) is 28.2 Å². The van der Waals surface area contributed by atoms with Crippen molar-refractivity contribution in [3.05, 3.63) is 99.6 Å². The molecule has 0 bridgehead atoms. The van der Waals surface area contributed by atoms with Crippen LogP contribution in [-0.4, -0.2) is 19.2 Å². The minimum absolute atomic E-state index is 0.213. The summed E-state index contributed by atoms with van der Waals surface area (Å²) in [7, 11) is 0. The highest BCUT2D eigenvalue weighted by molar-refractivity contribution is 6.30. The van der Waals surface area contributed by atoms with Gasteiger partial charge in [0.1, 0.15) is 22.8 Å². The van der Waals surface area contributed by atoms with E-state index in [9.17, 15) is 9.18 Å². The van der Waals surface area contributed by atoms with Crippen LogP contribution in [0.2, 0.25) is 5.02 Å². The average molecular weight is 435 g/mol. The molecule has 2 aromatic carbocycles. The molecule has 0 amide bonds. The molecule has 0 fully saturated rings. The molecular weight excluding hydrogens is 419 g/mol. The Morgan fingerprint density at radius 2 is 1.87 bits per heavy atom. The molecule has 0 saturated carbocycles. The third-order valence-electron chi connectivity index (χ3n) is 5.03. The number of oxazole rings is 1.